The van der Waals surface area contributed by atoms with Gasteiger partial charge in [-0.15, -0.1) is 0 Å². The lowest BCUT2D eigenvalue weighted by atomic mass is 10.1. The number of nitrogens with two attached hydrogens (primary N) is 1. The van der Waals surface area contributed by atoms with Crippen LogP contribution in [0.3, 0.4) is 0 Å². The van der Waals surface area contributed by atoms with E-state index in [0.29, 0.717) is 6.54 Å². The summed E-state index contributed by atoms with van der Waals surface area (Å²) in [4.78, 5) is 0. The Morgan fingerprint density at radius 2 is 1.95 bits per heavy atom. The lowest BCUT2D eigenvalue weighted by molar-refractivity contribution is -0.136. The van der Waals surface area contributed by atoms with Gasteiger partial charge in [0.25, 0.3) is 0 Å². The number of rotatable bonds is 7. The lowest BCUT2D eigenvalue weighted by Gasteiger charge is -2.15. The molecule has 2 nitrogen and oxygen atoms in total. The van der Waals surface area contributed by atoms with Crippen molar-refractivity contribution in [2.24, 2.45) is 0 Å². The number of nitrogens with one attached hydrogen (secondary N) is 1. The minimum absolute atomic E-state index is 0.103. The van der Waals surface area contributed by atoms with E-state index in [2.05, 4.69) is 5.32 Å². The molecule has 6 heteroatoms. The van der Waals surface area contributed by atoms with Gasteiger partial charge < -0.3 is 11.1 Å². The molecular weight excluding hydrogens is 273 g/mol. The summed E-state index contributed by atoms with van der Waals surface area (Å²) in [7, 11) is 0. The Hall–Kier alpha value is -1.04. The van der Waals surface area contributed by atoms with E-state index in [-0.39, 0.29) is 11.4 Å². The number of hydrogen-bond donors (Lipinski definition) is 2. The molecule has 1 rings (SSSR count). The van der Waals surface area contributed by atoms with E-state index in [1.165, 1.54) is 12.1 Å². The topological polar surface area (TPSA) is 38.0 Å². The molecule has 0 aliphatic rings. The van der Waals surface area contributed by atoms with Crippen LogP contribution in [0.5, 0.6) is 0 Å². The minimum atomic E-state index is -4.38. The van der Waals surface area contributed by atoms with Gasteiger partial charge in [0, 0.05) is 17.9 Å². The molecular formula is C13H19F3N2S. The molecule has 3 N–H and O–H groups in total. The first-order valence-electron chi connectivity index (χ1n) is 6.14. The van der Waals surface area contributed by atoms with Crippen LogP contribution in [0.4, 0.5) is 24.5 Å². The van der Waals surface area contributed by atoms with Crippen molar-refractivity contribution >= 4 is 23.1 Å². The van der Waals surface area contributed by atoms with Crippen LogP contribution in [-0.2, 0) is 6.18 Å². The number of benzene rings is 1. The van der Waals surface area contributed by atoms with Gasteiger partial charge in [0.2, 0.25) is 0 Å². The molecule has 0 atom stereocenters. The highest BCUT2D eigenvalue weighted by atomic mass is 32.2. The fourth-order valence-corrected chi connectivity index (χ4v) is 2.21. The molecule has 0 aliphatic heterocycles. The van der Waals surface area contributed by atoms with Crippen molar-refractivity contribution in [1.82, 2.24) is 0 Å². The zero-order chi connectivity index (χ0) is 14.3. The number of nitrogen functional groups attached to an aromatic ring is 1. The summed E-state index contributed by atoms with van der Waals surface area (Å²) in [5.41, 5.74) is 4.93. The van der Waals surface area contributed by atoms with Crippen molar-refractivity contribution in [1.29, 1.82) is 0 Å². The number of alkyl halides is 3. The molecule has 0 radical (unpaired) electrons. The predicted octanol–water partition coefficient (Wildman–Crippen LogP) is 4.23. The van der Waals surface area contributed by atoms with E-state index >= 15 is 0 Å². The van der Waals surface area contributed by atoms with Crippen molar-refractivity contribution in [3.8, 4) is 0 Å². The summed E-state index contributed by atoms with van der Waals surface area (Å²) in [6.45, 7) is 0.543. The predicted molar refractivity (Wildman–Crippen MR) is 76.6 cm³/mol. The first kappa shape index (κ1) is 16.0. The quantitative estimate of drug-likeness (QED) is 0.583. The zero-order valence-electron chi connectivity index (χ0n) is 10.9. The maximum Gasteiger partial charge on any atom is 0.418 e. The van der Waals surface area contributed by atoms with Crippen LogP contribution < -0.4 is 11.1 Å². The van der Waals surface area contributed by atoms with E-state index in [1.807, 2.05) is 6.26 Å². The van der Waals surface area contributed by atoms with Gasteiger partial charge >= 0.3 is 6.18 Å². The number of thioether (sulfide) groups is 1. The van der Waals surface area contributed by atoms with Crippen molar-refractivity contribution < 1.29 is 13.2 Å². The van der Waals surface area contributed by atoms with Gasteiger partial charge in [0.15, 0.2) is 0 Å². The Morgan fingerprint density at radius 1 is 1.21 bits per heavy atom. The molecule has 0 amide bonds. The van der Waals surface area contributed by atoms with Crippen molar-refractivity contribution in [2.45, 2.75) is 25.4 Å². The largest absolute Gasteiger partial charge is 0.418 e. The second kappa shape index (κ2) is 7.53. The molecule has 0 spiro atoms. The average molecular weight is 292 g/mol. The molecule has 0 saturated heterocycles. The second-order valence-electron chi connectivity index (χ2n) is 4.28. The van der Waals surface area contributed by atoms with E-state index in [4.69, 9.17) is 5.73 Å². The molecule has 1 aromatic rings. The van der Waals surface area contributed by atoms with Crippen LogP contribution in [0, 0.1) is 0 Å². The molecule has 0 fully saturated rings. The van der Waals surface area contributed by atoms with Gasteiger partial charge in [-0.3, -0.25) is 0 Å². The fraction of sp³-hybridized carbons (Fsp3) is 0.538. The summed E-state index contributed by atoms with van der Waals surface area (Å²) >= 11 is 1.78. The molecule has 1 aromatic carbocycles. The zero-order valence-corrected chi connectivity index (χ0v) is 11.7. The molecule has 0 unspecified atom stereocenters. The third kappa shape index (κ3) is 5.63. The van der Waals surface area contributed by atoms with Crippen LogP contribution >= 0.6 is 11.8 Å². The standard InChI is InChI=1S/C13H19F3N2S/c1-19-8-4-2-3-7-18-12-6-5-10(17)9-11(12)13(14,15)16/h5-6,9,18H,2-4,7-8,17H2,1H3. The van der Waals surface area contributed by atoms with Gasteiger partial charge in [0.05, 0.1) is 5.56 Å². The van der Waals surface area contributed by atoms with Crippen LogP contribution in [0.25, 0.3) is 0 Å². The molecule has 0 heterocycles. The van der Waals surface area contributed by atoms with E-state index in [0.717, 1.165) is 31.1 Å². The molecule has 0 saturated carbocycles. The fourth-order valence-electron chi connectivity index (χ4n) is 1.72. The van der Waals surface area contributed by atoms with Crippen LogP contribution in [0.1, 0.15) is 24.8 Å². The van der Waals surface area contributed by atoms with Crippen molar-refractivity contribution in [2.75, 3.05) is 29.6 Å². The number of unbranched alkanes of at least 4 members (excludes halogenated alkanes) is 2. The smallest absolute Gasteiger partial charge is 0.399 e. The SMILES string of the molecule is CSCCCCCNc1ccc(N)cc1C(F)(F)F. The third-order valence-electron chi connectivity index (χ3n) is 2.69. The van der Waals surface area contributed by atoms with Gasteiger partial charge in [0.1, 0.15) is 0 Å². The molecule has 19 heavy (non-hydrogen) atoms. The Balaban J connectivity index is 2.54. The summed E-state index contributed by atoms with van der Waals surface area (Å²) < 4.78 is 38.4. The maximum atomic E-state index is 12.8. The summed E-state index contributed by atoms with van der Waals surface area (Å²) in [6, 6.07) is 3.83. The van der Waals surface area contributed by atoms with Crippen molar-refractivity contribution in [3.63, 3.8) is 0 Å². The average Bonchev–Trinajstić information content (AvgIpc) is 2.34. The number of anilines is 2. The highest BCUT2D eigenvalue weighted by Crippen LogP contribution is 2.36. The van der Waals surface area contributed by atoms with Gasteiger partial charge in [-0.25, -0.2) is 0 Å². The first-order chi connectivity index (χ1) is 8.95. The molecule has 0 aromatic heterocycles. The highest BCUT2D eigenvalue weighted by molar-refractivity contribution is 7.98. The number of hydrogen-bond acceptors (Lipinski definition) is 3. The summed E-state index contributed by atoms with van der Waals surface area (Å²) in [5, 5.41) is 2.84. The molecule has 0 aliphatic carbocycles. The van der Waals surface area contributed by atoms with E-state index in [1.54, 1.807) is 11.8 Å². The Labute approximate surface area is 115 Å². The van der Waals surface area contributed by atoms with Gasteiger partial charge in [-0.2, -0.15) is 24.9 Å². The third-order valence-corrected chi connectivity index (χ3v) is 3.39. The first-order valence-corrected chi connectivity index (χ1v) is 7.54. The second-order valence-corrected chi connectivity index (χ2v) is 5.27. The van der Waals surface area contributed by atoms with Crippen LogP contribution in [-0.4, -0.2) is 18.6 Å². The highest BCUT2D eigenvalue weighted by Gasteiger charge is 2.33. The Kier molecular flexibility index (Phi) is 6.34. The minimum Gasteiger partial charge on any atom is -0.399 e. The Bertz CT molecular complexity index is 394. The van der Waals surface area contributed by atoms with Crippen molar-refractivity contribution in [3.05, 3.63) is 23.8 Å². The van der Waals surface area contributed by atoms with Gasteiger partial charge in [-0.05, 0) is 43.0 Å². The lowest BCUT2D eigenvalue weighted by Crippen LogP contribution is -2.12. The van der Waals surface area contributed by atoms with E-state index < -0.39 is 11.7 Å². The summed E-state index contributed by atoms with van der Waals surface area (Å²) in [5.74, 6) is 1.09. The van der Waals surface area contributed by atoms with E-state index in [9.17, 15) is 13.2 Å². The monoisotopic (exact) mass is 292 g/mol. The van der Waals surface area contributed by atoms with Crippen LogP contribution in [0.15, 0.2) is 18.2 Å². The number of halogens is 3. The molecule has 108 valence electrons. The summed E-state index contributed by atoms with van der Waals surface area (Å²) in [6.07, 6.45) is 0.641. The Morgan fingerprint density at radius 3 is 2.58 bits per heavy atom. The maximum absolute atomic E-state index is 12.8. The van der Waals surface area contributed by atoms with Crippen LogP contribution in [0.2, 0.25) is 0 Å². The molecule has 0 bridgehead atoms. The van der Waals surface area contributed by atoms with Gasteiger partial charge in [-0.1, -0.05) is 6.42 Å². The normalized spacial score (nSPS) is 11.6.